The quantitative estimate of drug-likeness (QED) is 0.402. The molecule has 1 fully saturated rings. The van der Waals surface area contributed by atoms with Crippen LogP contribution in [0.2, 0.25) is 0 Å². The summed E-state index contributed by atoms with van der Waals surface area (Å²) in [5.41, 5.74) is -0.592. The molecule has 8 nitrogen and oxygen atoms in total. The second-order valence-electron chi connectivity index (χ2n) is 6.79. The van der Waals surface area contributed by atoms with Gasteiger partial charge < -0.3 is 14.4 Å². The molecule has 2 heterocycles. The molecule has 2 aliphatic rings. The molecule has 1 aromatic carbocycles. The van der Waals surface area contributed by atoms with Crippen molar-refractivity contribution in [3.05, 3.63) is 23.8 Å². The molecule has 2 atom stereocenters. The molecule has 0 aliphatic carbocycles. The Labute approximate surface area is 181 Å². The molecule has 1 N–H and O–H groups in total. The van der Waals surface area contributed by atoms with E-state index < -0.39 is 58.2 Å². The number of methoxy groups -OCH3 is 1. The van der Waals surface area contributed by atoms with Gasteiger partial charge in [-0.3, -0.25) is 14.4 Å². The Kier molecular flexibility index (Phi) is 6.91. The third-order valence-electron chi connectivity index (χ3n) is 4.68. The van der Waals surface area contributed by atoms with E-state index in [4.69, 9.17) is 4.74 Å². The summed E-state index contributed by atoms with van der Waals surface area (Å²) in [6, 6.07) is 1.80. The van der Waals surface area contributed by atoms with Crippen LogP contribution in [0, 0.1) is 11.6 Å². The lowest BCUT2D eigenvalue weighted by atomic mass is 10.2. The summed E-state index contributed by atoms with van der Waals surface area (Å²) in [5, 5.41) is 1.36. The van der Waals surface area contributed by atoms with Crippen LogP contribution in [0.5, 0.6) is 0 Å². The number of ether oxygens (including phenoxy) is 2. The number of alkyl halides is 3. The summed E-state index contributed by atoms with van der Waals surface area (Å²) in [5.74, 6) is -4.72. The van der Waals surface area contributed by atoms with Crippen LogP contribution in [0.3, 0.4) is 0 Å². The van der Waals surface area contributed by atoms with Crippen molar-refractivity contribution in [3.63, 3.8) is 0 Å². The Hall–Kier alpha value is -2.90. The van der Waals surface area contributed by atoms with Gasteiger partial charge in [0.15, 0.2) is 11.6 Å². The van der Waals surface area contributed by atoms with Gasteiger partial charge >= 0.3 is 24.1 Å². The Morgan fingerprint density at radius 2 is 1.91 bits per heavy atom. The van der Waals surface area contributed by atoms with Crippen LogP contribution in [0.15, 0.2) is 12.1 Å². The van der Waals surface area contributed by atoms with Gasteiger partial charge in [0.2, 0.25) is 6.10 Å². The van der Waals surface area contributed by atoms with E-state index >= 15 is 0 Å². The lowest BCUT2D eigenvalue weighted by molar-refractivity contribution is -0.171. The zero-order valence-electron chi connectivity index (χ0n) is 16.6. The van der Waals surface area contributed by atoms with E-state index in [1.54, 1.807) is 0 Å². The highest BCUT2D eigenvalue weighted by Crippen LogP contribution is 2.32. The molecule has 0 radical (unpaired) electrons. The molecule has 1 saturated heterocycles. The highest BCUT2D eigenvalue weighted by molar-refractivity contribution is 8.13. The minimum Gasteiger partial charge on any atom is -0.466 e. The lowest BCUT2D eigenvalue weighted by Gasteiger charge is -2.24. The van der Waals surface area contributed by atoms with E-state index in [9.17, 15) is 36.3 Å². The number of esters is 1. The van der Waals surface area contributed by atoms with Crippen molar-refractivity contribution >= 4 is 45.4 Å². The molecule has 1 aromatic rings. The molecule has 2 aliphatic heterocycles. The monoisotopic (exact) mass is 483 g/mol. The molecule has 0 saturated carbocycles. The van der Waals surface area contributed by atoms with Gasteiger partial charge in [0, 0.05) is 31.0 Å². The summed E-state index contributed by atoms with van der Waals surface area (Å²) in [6.07, 6.45) is -6.95. The molecular formula is C18H18F5N3O5S. The van der Waals surface area contributed by atoms with E-state index in [1.807, 2.05) is 4.72 Å². The first kappa shape index (κ1) is 23.8. The van der Waals surface area contributed by atoms with Crippen LogP contribution >= 0.6 is 10.7 Å². The molecule has 32 heavy (non-hydrogen) atoms. The first-order valence-corrected chi connectivity index (χ1v) is 10.7. The molecule has 2 unspecified atom stereocenters. The number of carbonyl (C=O) groups is 3. The number of nitrogens with one attached hydrogen (secondary N) is 1. The average Bonchev–Trinajstić information content (AvgIpc) is 2.96. The molecule has 0 spiro atoms. The maximum Gasteiger partial charge on any atom is 0.472 e. The summed E-state index contributed by atoms with van der Waals surface area (Å²) in [6.45, 7) is -0.265. The molecule has 2 amide bonds. The highest BCUT2D eigenvalue weighted by atomic mass is 32.2. The Bertz CT molecular complexity index is 948. The summed E-state index contributed by atoms with van der Waals surface area (Å²) < 4.78 is 78.1. The predicted molar refractivity (Wildman–Crippen MR) is 106 cm³/mol. The predicted octanol–water partition coefficient (Wildman–Crippen LogP) is 2.34. The van der Waals surface area contributed by atoms with Crippen molar-refractivity contribution in [2.24, 2.45) is 0 Å². The topological polar surface area (TPSA) is 88.2 Å². The summed E-state index contributed by atoms with van der Waals surface area (Å²) >= 11 is 0. The molecular weight excluding hydrogens is 465 g/mol. The number of anilines is 2. The largest absolute Gasteiger partial charge is 0.472 e. The zero-order valence-corrected chi connectivity index (χ0v) is 17.4. The van der Waals surface area contributed by atoms with Crippen LogP contribution in [0.4, 0.5) is 38.1 Å². The molecule has 0 aromatic heterocycles. The zero-order chi connectivity index (χ0) is 23.6. The van der Waals surface area contributed by atoms with Crippen molar-refractivity contribution in [2.75, 3.05) is 42.3 Å². The van der Waals surface area contributed by atoms with Gasteiger partial charge in [-0.2, -0.15) is 13.2 Å². The number of carbonyl (C=O) groups excluding carboxylic acids is 3. The fourth-order valence-electron chi connectivity index (χ4n) is 3.18. The van der Waals surface area contributed by atoms with Crippen molar-refractivity contribution in [2.45, 2.75) is 18.7 Å². The minimum atomic E-state index is -5.02. The summed E-state index contributed by atoms with van der Waals surface area (Å²) in [7, 11) is -0.109. The SMILES string of the molecule is COC(=O)C1CN(c2cc(F)c(N3CC=S(NC(=O)C(F)(F)F)CCC3)c(F)c2)C(=O)O1. The van der Waals surface area contributed by atoms with Crippen LogP contribution < -0.4 is 14.5 Å². The van der Waals surface area contributed by atoms with Gasteiger partial charge in [0.1, 0.15) is 5.69 Å². The Balaban J connectivity index is 1.78. The molecule has 176 valence electrons. The normalized spacial score (nSPS) is 21.5. The van der Waals surface area contributed by atoms with E-state index in [2.05, 4.69) is 4.74 Å². The van der Waals surface area contributed by atoms with E-state index in [-0.39, 0.29) is 37.5 Å². The molecule has 3 rings (SSSR count). The van der Waals surface area contributed by atoms with Crippen molar-refractivity contribution in [1.29, 1.82) is 0 Å². The number of hydrogen-bond acceptors (Lipinski definition) is 6. The Morgan fingerprint density at radius 1 is 1.25 bits per heavy atom. The first-order valence-electron chi connectivity index (χ1n) is 9.22. The van der Waals surface area contributed by atoms with Crippen LogP contribution in [-0.2, 0) is 19.1 Å². The third kappa shape index (κ3) is 5.11. The van der Waals surface area contributed by atoms with Gasteiger partial charge in [-0.1, -0.05) is 10.7 Å². The van der Waals surface area contributed by atoms with E-state index in [0.29, 0.717) is 0 Å². The fraction of sp³-hybridized carbons (Fsp3) is 0.444. The van der Waals surface area contributed by atoms with Gasteiger partial charge in [-0.05, 0) is 11.8 Å². The standard InChI is InChI=1S/C18H18F5N3O5S/c1-30-15(27)13-9-26(17(29)31-13)10-7-11(19)14(12(20)8-10)25-3-2-5-32(6-4-25)24-16(28)18(21,22)23/h6-8,13H,2-5,9H2,1H3,(H,24,28). The number of benzene rings is 1. The Morgan fingerprint density at radius 3 is 2.50 bits per heavy atom. The number of amides is 2. The highest BCUT2D eigenvalue weighted by Gasteiger charge is 2.40. The van der Waals surface area contributed by atoms with Gasteiger partial charge in [0.25, 0.3) is 0 Å². The molecule has 14 heteroatoms. The van der Waals surface area contributed by atoms with Gasteiger partial charge in [-0.15, -0.1) is 0 Å². The van der Waals surface area contributed by atoms with E-state index in [0.717, 1.165) is 24.1 Å². The van der Waals surface area contributed by atoms with Crippen molar-refractivity contribution < 1.29 is 45.8 Å². The fourth-order valence-corrected chi connectivity index (χ4v) is 4.68. The van der Waals surface area contributed by atoms with E-state index in [1.165, 1.54) is 10.3 Å². The van der Waals surface area contributed by atoms with Crippen molar-refractivity contribution in [3.8, 4) is 0 Å². The van der Waals surface area contributed by atoms with Gasteiger partial charge in [0.05, 0.1) is 19.3 Å². The maximum atomic E-state index is 14.8. The van der Waals surface area contributed by atoms with Crippen molar-refractivity contribution in [1.82, 2.24) is 4.72 Å². The number of cyclic esters (lactones) is 1. The third-order valence-corrected chi connectivity index (χ3v) is 6.40. The summed E-state index contributed by atoms with van der Waals surface area (Å²) in [4.78, 5) is 36.8. The average molecular weight is 483 g/mol. The molecule has 0 bridgehead atoms. The number of nitrogens with zero attached hydrogens (tertiary/aromatic N) is 2. The number of halogens is 5. The maximum absolute atomic E-state index is 14.8. The number of rotatable bonds is 4. The van der Waals surface area contributed by atoms with Gasteiger partial charge in [-0.25, -0.2) is 18.4 Å². The van der Waals surface area contributed by atoms with Crippen LogP contribution in [-0.4, -0.2) is 68.1 Å². The smallest absolute Gasteiger partial charge is 0.466 e. The second-order valence-corrected chi connectivity index (χ2v) is 8.60. The first-order chi connectivity index (χ1) is 15.0. The second kappa shape index (κ2) is 9.30. The van der Waals surface area contributed by atoms with Crippen LogP contribution in [0.25, 0.3) is 0 Å². The number of hydrogen-bond donors (Lipinski definition) is 1. The van der Waals surface area contributed by atoms with Crippen LogP contribution in [0.1, 0.15) is 6.42 Å². The minimum absolute atomic E-state index is 0.107. The lowest BCUT2D eigenvalue weighted by Crippen LogP contribution is -2.34.